The molecule has 7 heteroatoms. The fraction of sp³-hybridized carbons (Fsp3) is 0.438. The maximum Gasteiger partial charge on any atom is 0.267 e. The fourth-order valence-corrected chi connectivity index (χ4v) is 3.25. The largest absolute Gasteiger partial charge is 0.333 e. The molecule has 0 N–H and O–H groups in total. The van der Waals surface area contributed by atoms with E-state index in [1.165, 1.54) is 17.7 Å². The van der Waals surface area contributed by atoms with Crippen LogP contribution in [0.3, 0.4) is 0 Å². The van der Waals surface area contributed by atoms with Crippen molar-refractivity contribution in [2.45, 2.75) is 46.3 Å². The molecule has 1 amide bonds. The lowest BCUT2D eigenvalue weighted by molar-refractivity contribution is -0.134. The molecular weight excluding hydrogens is 334 g/mol. The molecule has 2 heterocycles. The van der Waals surface area contributed by atoms with E-state index in [2.05, 4.69) is 5.10 Å². The zero-order valence-corrected chi connectivity index (χ0v) is 15.0. The van der Waals surface area contributed by atoms with E-state index in [-0.39, 0.29) is 29.2 Å². The molecule has 0 spiro atoms. The van der Waals surface area contributed by atoms with Crippen LogP contribution in [0, 0.1) is 6.92 Å². The van der Waals surface area contributed by atoms with Gasteiger partial charge in [0, 0.05) is 17.0 Å². The van der Waals surface area contributed by atoms with E-state index < -0.39 is 0 Å². The number of aromatic nitrogens is 2. The van der Waals surface area contributed by atoms with Crippen molar-refractivity contribution >= 4 is 28.8 Å². The predicted molar refractivity (Wildman–Crippen MR) is 92.9 cm³/mol. The van der Waals surface area contributed by atoms with Crippen LogP contribution < -0.4 is 5.56 Å². The Morgan fingerprint density at radius 2 is 2.17 bits per heavy atom. The first-order chi connectivity index (χ1) is 10.9. The summed E-state index contributed by atoms with van der Waals surface area (Å²) >= 11 is 7.45. The van der Waals surface area contributed by atoms with Crippen molar-refractivity contribution in [2.75, 3.05) is 0 Å². The van der Waals surface area contributed by atoms with Gasteiger partial charge in [-0.05, 0) is 43.3 Å². The van der Waals surface area contributed by atoms with Gasteiger partial charge in [0.1, 0.15) is 11.7 Å². The molecule has 2 aromatic rings. The van der Waals surface area contributed by atoms with Crippen molar-refractivity contribution in [3.8, 4) is 0 Å². The molecular formula is C16H20ClN3O2S. The Balaban J connectivity index is 2.21. The Hall–Kier alpha value is -1.66. The Morgan fingerprint density at radius 3 is 2.78 bits per heavy atom. The van der Waals surface area contributed by atoms with Gasteiger partial charge in [-0.25, -0.2) is 4.68 Å². The number of thiophene rings is 1. The first kappa shape index (κ1) is 17.7. The molecule has 124 valence electrons. The fourth-order valence-electron chi connectivity index (χ4n) is 2.19. The maximum absolute atomic E-state index is 12.7. The molecule has 0 saturated carbocycles. The Labute approximate surface area is 144 Å². The minimum absolute atomic E-state index is 0.0823. The van der Waals surface area contributed by atoms with E-state index in [0.29, 0.717) is 6.54 Å². The molecule has 0 fully saturated rings. The van der Waals surface area contributed by atoms with Gasteiger partial charge in [0.15, 0.2) is 0 Å². The SMILES string of the molecule is CC[C@@H](C)N(Cc1sccc1C)C(=O)Cn1nc(Cl)ccc1=O. The minimum atomic E-state index is -0.334. The summed E-state index contributed by atoms with van der Waals surface area (Å²) in [6, 6.07) is 4.87. The molecule has 5 nitrogen and oxygen atoms in total. The Bertz CT molecular complexity index is 741. The van der Waals surface area contributed by atoms with Gasteiger partial charge < -0.3 is 4.90 Å². The quantitative estimate of drug-likeness (QED) is 0.801. The van der Waals surface area contributed by atoms with Crippen molar-refractivity contribution in [3.63, 3.8) is 0 Å². The van der Waals surface area contributed by atoms with Gasteiger partial charge in [0.2, 0.25) is 5.91 Å². The third-order valence-corrected chi connectivity index (χ3v) is 5.05. The second-order valence-corrected chi connectivity index (χ2v) is 6.85. The molecule has 23 heavy (non-hydrogen) atoms. The second-order valence-electron chi connectivity index (χ2n) is 5.46. The standard InChI is InChI=1S/C16H20ClN3O2S/c1-4-12(3)19(9-13-11(2)7-8-23-13)16(22)10-20-15(21)6-5-14(17)18-20/h5-8,12H,4,9-10H2,1-3H3/t12-/m1/s1. The van der Waals surface area contributed by atoms with Gasteiger partial charge in [0.25, 0.3) is 5.56 Å². The second kappa shape index (κ2) is 7.75. The molecule has 0 aromatic carbocycles. The molecule has 0 radical (unpaired) electrons. The van der Waals surface area contributed by atoms with Gasteiger partial charge >= 0.3 is 0 Å². The van der Waals surface area contributed by atoms with E-state index in [9.17, 15) is 9.59 Å². The normalized spacial score (nSPS) is 12.2. The summed E-state index contributed by atoms with van der Waals surface area (Å²) in [6.45, 7) is 6.53. The van der Waals surface area contributed by atoms with E-state index in [4.69, 9.17) is 11.6 Å². The highest BCUT2D eigenvalue weighted by atomic mass is 35.5. The van der Waals surface area contributed by atoms with Crippen LogP contribution in [0.2, 0.25) is 5.15 Å². The van der Waals surface area contributed by atoms with Gasteiger partial charge in [0.05, 0.1) is 6.54 Å². The number of carbonyl (C=O) groups is 1. The van der Waals surface area contributed by atoms with Crippen LogP contribution in [-0.4, -0.2) is 26.6 Å². The molecule has 1 atom stereocenters. The average Bonchev–Trinajstić information content (AvgIpc) is 2.92. The molecule has 0 aliphatic heterocycles. The number of hydrogen-bond donors (Lipinski definition) is 0. The molecule has 0 bridgehead atoms. The lowest BCUT2D eigenvalue weighted by Crippen LogP contribution is -2.41. The van der Waals surface area contributed by atoms with E-state index in [1.807, 2.05) is 32.2 Å². The zero-order chi connectivity index (χ0) is 17.0. The van der Waals surface area contributed by atoms with E-state index >= 15 is 0 Å². The highest BCUT2D eigenvalue weighted by Crippen LogP contribution is 2.20. The number of nitrogens with zero attached hydrogens (tertiary/aromatic N) is 3. The molecule has 0 unspecified atom stereocenters. The predicted octanol–water partition coefficient (Wildman–Crippen LogP) is 3.09. The average molecular weight is 354 g/mol. The zero-order valence-electron chi connectivity index (χ0n) is 13.5. The summed E-state index contributed by atoms with van der Waals surface area (Å²) in [6.07, 6.45) is 0.841. The van der Waals surface area contributed by atoms with Crippen LogP contribution in [-0.2, 0) is 17.9 Å². The van der Waals surface area contributed by atoms with Crippen LogP contribution in [0.15, 0.2) is 28.4 Å². The van der Waals surface area contributed by atoms with Crippen molar-refractivity contribution < 1.29 is 4.79 Å². The topological polar surface area (TPSA) is 55.2 Å². The van der Waals surface area contributed by atoms with Crippen molar-refractivity contribution in [1.82, 2.24) is 14.7 Å². The third-order valence-electron chi connectivity index (χ3n) is 3.84. The van der Waals surface area contributed by atoms with Crippen LogP contribution >= 0.6 is 22.9 Å². The molecule has 2 aromatic heterocycles. The van der Waals surface area contributed by atoms with E-state index in [1.54, 1.807) is 16.2 Å². The minimum Gasteiger partial charge on any atom is -0.333 e. The summed E-state index contributed by atoms with van der Waals surface area (Å²) in [5, 5.41) is 6.14. The van der Waals surface area contributed by atoms with Gasteiger partial charge in [-0.15, -0.1) is 11.3 Å². The van der Waals surface area contributed by atoms with Crippen molar-refractivity contribution in [1.29, 1.82) is 0 Å². The maximum atomic E-state index is 12.7. The summed E-state index contributed by atoms with van der Waals surface area (Å²) in [4.78, 5) is 27.5. The van der Waals surface area contributed by atoms with Gasteiger partial charge in [-0.1, -0.05) is 18.5 Å². The molecule has 2 rings (SSSR count). The summed E-state index contributed by atoms with van der Waals surface area (Å²) in [5.41, 5.74) is 0.841. The Kier molecular flexibility index (Phi) is 5.96. The van der Waals surface area contributed by atoms with Crippen molar-refractivity contribution in [2.24, 2.45) is 0 Å². The number of aryl methyl sites for hydroxylation is 1. The summed E-state index contributed by atoms with van der Waals surface area (Å²) in [5.74, 6) is -0.135. The Morgan fingerprint density at radius 1 is 1.43 bits per heavy atom. The van der Waals surface area contributed by atoms with Gasteiger partial charge in [-0.2, -0.15) is 5.10 Å². The third kappa shape index (κ3) is 4.42. The summed E-state index contributed by atoms with van der Waals surface area (Å²) < 4.78 is 1.11. The number of rotatable bonds is 6. The first-order valence-corrected chi connectivity index (χ1v) is 8.74. The van der Waals surface area contributed by atoms with Crippen molar-refractivity contribution in [3.05, 3.63) is 49.5 Å². The van der Waals surface area contributed by atoms with Crippen LogP contribution in [0.4, 0.5) is 0 Å². The monoisotopic (exact) mass is 353 g/mol. The highest BCUT2D eigenvalue weighted by molar-refractivity contribution is 7.10. The van der Waals surface area contributed by atoms with E-state index in [0.717, 1.165) is 16.0 Å². The smallest absolute Gasteiger partial charge is 0.267 e. The van der Waals surface area contributed by atoms with Gasteiger partial charge in [-0.3, -0.25) is 9.59 Å². The van der Waals surface area contributed by atoms with Crippen LogP contribution in [0.5, 0.6) is 0 Å². The number of hydrogen-bond acceptors (Lipinski definition) is 4. The highest BCUT2D eigenvalue weighted by Gasteiger charge is 2.21. The lowest BCUT2D eigenvalue weighted by Gasteiger charge is -2.28. The molecule has 0 aliphatic rings. The molecule has 0 aliphatic carbocycles. The molecule has 0 saturated heterocycles. The van der Waals surface area contributed by atoms with Crippen LogP contribution in [0.1, 0.15) is 30.7 Å². The first-order valence-electron chi connectivity index (χ1n) is 7.48. The van der Waals surface area contributed by atoms with Crippen LogP contribution in [0.25, 0.3) is 0 Å². The number of amides is 1. The summed E-state index contributed by atoms with van der Waals surface area (Å²) in [7, 11) is 0. The lowest BCUT2D eigenvalue weighted by atomic mass is 10.2. The number of halogens is 1. The number of carbonyl (C=O) groups excluding carboxylic acids is 1.